The Bertz CT molecular complexity index is 1360. The highest BCUT2D eigenvalue weighted by Gasteiger charge is 2.14. The van der Waals surface area contributed by atoms with Gasteiger partial charge in [0.2, 0.25) is 0 Å². The molecule has 182 valence electrons. The van der Waals surface area contributed by atoms with Crippen LogP contribution in [-0.4, -0.2) is 30.1 Å². The predicted octanol–water partition coefficient (Wildman–Crippen LogP) is 4.18. The molecule has 0 aliphatic rings. The standard InChI is InChI=1S/C28H25N3O4S/c32-26(19-35-23-15-14-21-10-4-5-11-22(21)18-23)30-31-28(36)29-27(33)24-12-6-7-13-25(24)34-17-16-20-8-2-1-3-9-20/h1-15,18H,16-17,19H2,(H,30,32)(H2,29,31,33,36). The maximum atomic E-state index is 12.7. The summed E-state index contributed by atoms with van der Waals surface area (Å²) >= 11 is 5.13. The van der Waals surface area contributed by atoms with Crippen molar-refractivity contribution < 1.29 is 19.1 Å². The van der Waals surface area contributed by atoms with Gasteiger partial charge in [-0.2, -0.15) is 0 Å². The first-order chi connectivity index (χ1) is 17.6. The first kappa shape index (κ1) is 24.7. The van der Waals surface area contributed by atoms with E-state index in [0.29, 0.717) is 30.1 Å². The molecule has 0 saturated carbocycles. The number of hydrogen-bond donors (Lipinski definition) is 3. The Balaban J connectivity index is 1.22. The van der Waals surface area contributed by atoms with Crippen LogP contribution >= 0.6 is 12.2 Å². The molecule has 0 bridgehead atoms. The number of para-hydroxylation sites is 1. The van der Waals surface area contributed by atoms with Gasteiger partial charge in [0.15, 0.2) is 11.7 Å². The quantitative estimate of drug-likeness (QED) is 0.249. The van der Waals surface area contributed by atoms with Gasteiger partial charge >= 0.3 is 0 Å². The molecule has 4 aromatic rings. The minimum absolute atomic E-state index is 0.0573. The maximum absolute atomic E-state index is 12.7. The molecule has 8 heteroatoms. The van der Waals surface area contributed by atoms with Crippen LogP contribution in [-0.2, 0) is 11.2 Å². The van der Waals surface area contributed by atoms with Crippen molar-refractivity contribution in [3.8, 4) is 11.5 Å². The summed E-state index contributed by atoms with van der Waals surface area (Å²) in [5, 5.41) is 4.58. The number of carbonyl (C=O) groups is 2. The van der Waals surface area contributed by atoms with E-state index in [9.17, 15) is 9.59 Å². The molecule has 0 atom stereocenters. The van der Waals surface area contributed by atoms with Crippen molar-refractivity contribution in [3.05, 3.63) is 108 Å². The molecule has 0 aromatic heterocycles. The number of rotatable bonds is 8. The molecule has 4 rings (SSSR count). The topological polar surface area (TPSA) is 88.7 Å². The normalized spacial score (nSPS) is 10.3. The van der Waals surface area contributed by atoms with Crippen molar-refractivity contribution in [1.82, 2.24) is 16.2 Å². The minimum atomic E-state index is -0.454. The summed E-state index contributed by atoms with van der Waals surface area (Å²) in [4.78, 5) is 24.9. The van der Waals surface area contributed by atoms with Gasteiger partial charge in [-0.3, -0.25) is 25.8 Å². The summed E-state index contributed by atoms with van der Waals surface area (Å²) in [5.74, 6) is 0.110. The van der Waals surface area contributed by atoms with Gasteiger partial charge in [-0.05, 0) is 52.8 Å². The van der Waals surface area contributed by atoms with Gasteiger partial charge < -0.3 is 9.47 Å². The van der Waals surface area contributed by atoms with Crippen LogP contribution in [0, 0.1) is 0 Å². The highest BCUT2D eigenvalue weighted by Crippen LogP contribution is 2.20. The van der Waals surface area contributed by atoms with E-state index in [0.717, 1.165) is 16.3 Å². The molecule has 0 spiro atoms. The molecule has 4 aromatic carbocycles. The summed E-state index contributed by atoms with van der Waals surface area (Å²) in [6.45, 7) is 0.199. The second kappa shape index (κ2) is 12.3. The van der Waals surface area contributed by atoms with Crippen LogP contribution in [0.2, 0.25) is 0 Å². The number of hydrazine groups is 1. The van der Waals surface area contributed by atoms with Crippen molar-refractivity contribution in [2.24, 2.45) is 0 Å². The lowest BCUT2D eigenvalue weighted by Crippen LogP contribution is -2.49. The van der Waals surface area contributed by atoms with E-state index in [1.165, 1.54) is 0 Å². The summed E-state index contributed by atoms with van der Waals surface area (Å²) in [7, 11) is 0. The lowest BCUT2D eigenvalue weighted by Gasteiger charge is -2.14. The zero-order chi connectivity index (χ0) is 25.2. The molecular formula is C28H25N3O4S. The highest BCUT2D eigenvalue weighted by molar-refractivity contribution is 7.80. The first-order valence-corrected chi connectivity index (χ1v) is 11.8. The van der Waals surface area contributed by atoms with E-state index in [-0.39, 0.29) is 11.7 Å². The second-order valence-corrected chi connectivity index (χ2v) is 8.24. The lowest BCUT2D eigenvalue weighted by atomic mass is 10.1. The van der Waals surface area contributed by atoms with Gasteiger partial charge in [-0.1, -0.05) is 72.8 Å². The third-order valence-corrected chi connectivity index (χ3v) is 5.46. The summed E-state index contributed by atoms with van der Waals surface area (Å²) in [6, 6.07) is 30.3. The summed E-state index contributed by atoms with van der Waals surface area (Å²) in [5.41, 5.74) is 6.40. The van der Waals surface area contributed by atoms with Crippen molar-refractivity contribution >= 4 is 39.9 Å². The number of benzene rings is 4. The summed E-state index contributed by atoms with van der Waals surface area (Å²) < 4.78 is 11.4. The lowest BCUT2D eigenvalue weighted by molar-refractivity contribution is -0.123. The molecule has 0 unspecified atom stereocenters. The van der Waals surface area contributed by atoms with Crippen molar-refractivity contribution in [2.45, 2.75) is 6.42 Å². The Kier molecular flexibility index (Phi) is 8.45. The van der Waals surface area contributed by atoms with Crippen LogP contribution in [0.4, 0.5) is 0 Å². The fourth-order valence-corrected chi connectivity index (χ4v) is 3.62. The molecule has 0 fully saturated rings. The van der Waals surface area contributed by atoms with Gasteiger partial charge in [0, 0.05) is 6.42 Å². The number of fused-ring (bicyclic) bond motifs is 1. The Labute approximate surface area is 214 Å². The Morgan fingerprint density at radius 3 is 2.31 bits per heavy atom. The molecule has 0 radical (unpaired) electrons. The van der Waals surface area contributed by atoms with E-state index in [2.05, 4.69) is 16.2 Å². The van der Waals surface area contributed by atoms with Crippen molar-refractivity contribution in [2.75, 3.05) is 13.2 Å². The molecular weight excluding hydrogens is 474 g/mol. The van der Waals surface area contributed by atoms with Crippen LogP contribution in [0.25, 0.3) is 10.8 Å². The average molecular weight is 500 g/mol. The van der Waals surface area contributed by atoms with E-state index in [1.54, 1.807) is 30.3 Å². The predicted molar refractivity (Wildman–Crippen MR) is 143 cm³/mol. The van der Waals surface area contributed by atoms with Crippen molar-refractivity contribution in [3.63, 3.8) is 0 Å². The number of ether oxygens (including phenoxy) is 2. The Morgan fingerprint density at radius 2 is 1.47 bits per heavy atom. The van der Waals surface area contributed by atoms with Gasteiger partial charge in [0.05, 0.1) is 12.2 Å². The van der Waals surface area contributed by atoms with E-state index in [1.807, 2.05) is 66.7 Å². The Hall–Kier alpha value is -4.43. The van der Waals surface area contributed by atoms with E-state index < -0.39 is 11.8 Å². The van der Waals surface area contributed by atoms with E-state index in [4.69, 9.17) is 21.7 Å². The van der Waals surface area contributed by atoms with Crippen LogP contribution in [0.15, 0.2) is 97.1 Å². The molecule has 0 aliphatic heterocycles. The smallest absolute Gasteiger partial charge is 0.276 e. The maximum Gasteiger partial charge on any atom is 0.276 e. The van der Waals surface area contributed by atoms with Crippen LogP contribution < -0.4 is 25.6 Å². The molecule has 2 amide bonds. The molecule has 36 heavy (non-hydrogen) atoms. The number of nitrogens with one attached hydrogen (secondary N) is 3. The van der Waals surface area contributed by atoms with Crippen LogP contribution in [0.3, 0.4) is 0 Å². The van der Waals surface area contributed by atoms with Gasteiger partial charge in [0.1, 0.15) is 11.5 Å². The second-order valence-electron chi connectivity index (χ2n) is 7.83. The van der Waals surface area contributed by atoms with E-state index >= 15 is 0 Å². The number of amides is 2. The molecule has 7 nitrogen and oxygen atoms in total. The van der Waals surface area contributed by atoms with Crippen LogP contribution in [0.5, 0.6) is 11.5 Å². The van der Waals surface area contributed by atoms with Crippen LogP contribution in [0.1, 0.15) is 15.9 Å². The monoisotopic (exact) mass is 499 g/mol. The van der Waals surface area contributed by atoms with Crippen molar-refractivity contribution in [1.29, 1.82) is 0 Å². The molecule has 0 saturated heterocycles. The highest BCUT2D eigenvalue weighted by atomic mass is 32.1. The number of hydrogen-bond acceptors (Lipinski definition) is 5. The summed E-state index contributed by atoms with van der Waals surface area (Å²) in [6.07, 6.45) is 0.712. The third kappa shape index (κ3) is 7.04. The third-order valence-electron chi connectivity index (χ3n) is 5.26. The zero-order valence-corrected chi connectivity index (χ0v) is 20.2. The number of carbonyl (C=O) groups excluding carboxylic acids is 2. The van der Waals surface area contributed by atoms with Gasteiger partial charge in [-0.25, -0.2) is 0 Å². The molecule has 3 N–H and O–H groups in total. The largest absolute Gasteiger partial charge is 0.492 e. The fraction of sp³-hybridized carbons (Fsp3) is 0.107. The van der Waals surface area contributed by atoms with Gasteiger partial charge in [-0.15, -0.1) is 0 Å². The van der Waals surface area contributed by atoms with Gasteiger partial charge in [0.25, 0.3) is 11.8 Å². The fourth-order valence-electron chi connectivity index (χ4n) is 3.47. The Morgan fingerprint density at radius 1 is 0.750 bits per heavy atom. The first-order valence-electron chi connectivity index (χ1n) is 11.4. The average Bonchev–Trinajstić information content (AvgIpc) is 2.91. The minimum Gasteiger partial charge on any atom is -0.492 e. The molecule has 0 heterocycles. The SMILES string of the molecule is O=C(COc1ccc2ccccc2c1)NNC(=S)NC(=O)c1ccccc1OCCc1ccccc1. The molecule has 0 aliphatic carbocycles. The zero-order valence-electron chi connectivity index (χ0n) is 19.4. The number of thiocarbonyl (C=S) groups is 1.